The third-order valence-electron chi connectivity index (χ3n) is 5.10. The summed E-state index contributed by atoms with van der Waals surface area (Å²) in [5.41, 5.74) is 1.21. The van der Waals surface area contributed by atoms with Crippen molar-refractivity contribution in [2.45, 2.75) is 52.6 Å². The summed E-state index contributed by atoms with van der Waals surface area (Å²) in [5.74, 6) is 1.00. The fourth-order valence-corrected chi connectivity index (χ4v) is 3.32. The maximum atomic E-state index is 12.7. The van der Waals surface area contributed by atoms with Crippen LogP contribution in [0.5, 0.6) is 0 Å². The van der Waals surface area contributed by atoms with E-state index in [0.29, 0.717) is 11.6 Å². The van der Waals surface area contributed by atoms with Crippen LogP contribution >= 0.6 is 0 Å². The molecule has 1 fully saturated rings. The number of pyridine rings is 1. The van der Waals surface area contributed by atoms with E-state index >= 15 is 0 Å². The first-order valence-corrected chi connectivity index (χ1v) is 8.95. The minimum absolute atomic E-state index is 0.0506. The number of fused-ring (bicyclic) bond motifs is 1. The molecule has 3 heterocycles. The molecule has 0 aromatic carbocycles. The van der Waals surface area contributed by atoms with Gasteiger partial charge in [-0.25, -0.2) is 4.98 Å². The number of hydrogen-bond donors (Lipinski definition) is 1. The highest BCUT2D eigenvalue weighted by atomic mass is 16.2. The molecule has 3 rings (SSSR count). The van der Waals surface area contributed by atoms with Crippen molar-refractivity contribution in [2.24, 2.45) is 5.92 Å². The summed E-state index contributed by atoms with van der Waals surface area (Å²) in [4.78, 5) is 31.2. The number of carbonyl (C=O) groups is 2. The predicted molar refractivity (Wildman–Crippen MR) is 96.3 cm³/mol. The lowest BCUT2D eigenvalue weighted by molar-refractivity contribution is -0.129. The van der Waals surface area contributed by atoms with Crippen LogP contribution in [0.1, 0.15) is 62.9 Å². The minimum Gasteiger partial charge on any atom is -0.348 e. The molecular weight excluding hydrogens is 316 g/mol. The summed E-state index contributed by atoms with van der Waals surface area (Å²) in [7, 11) is 0. The second-order valence-electron chi connectivity index (χ2n) is 7.15. The molecule has 1 aliphatic rings. The molecule has 2 atom stereocenters. The molecule has 0 aliphatic carbocycles. The van der Waals surface area contributed by atoms with Gasteiger partial charge < -0.3 is 14.6 Å². The van der Waals surface area contributed by atoms with Crippen molar-refractivity contribution in [3.63, 3.8) is 0 Å². The van der Waals surface area contributed by atoms with Gasteiger partial charge in [-0.05, 0) is 37.8 Å². The van der Waals surface area contributed by atoms with E-state index in [4.69, 9.17) is 0 Å². The zero-order valence-electron chi connectivity index (χ0n) is 15.3. The van der Waals surface area contributed by atoms with Gasteiger partial charge in [0.2, 0.25) is 5.91 Å². The Hall–Kier alpha value is -2.37. The summed E-state index contributed by atoms with van der Waals surface area (Å²) >= 11 is 0. The van der Waals surface area contributed by atoms with Crippen LogP contribution in [0, 0.1) is 5.92 Å². The zero-order chi connectivity index (χ0) is 18.1. The van der Waals surface area contributed by atoms with Crippen molar-refractivity contribution in [3.8, 4) is 0 Å². The lowest BCUT2D eigenvalue weighted by atomic mass is 10.1. The Labute approximate surface area is 148 Å². The molecule has 0 unspecified atom stereocenters. The number of nitrogens with zero attached hydrogens (tertiary/aromatic N) is 3. The molecule has 134 valence electrons. The van der Waals surface area contributed by atoms with Gasteiger partial charge >= 0.3 is 0 Å². The Bertz CT molecular complexity index is 796. The van der Waals surface area contributed by atoms with E-state index in [9.17, 15) is 9.59 Å². The SMILES string of the molecule is CC(=O)N1CCC[C@H]1c1nc(C(=O)N[C@H](C)C(C)C)c2ccccn12. The Kier molecular flexibility index (Phi) is 4.79. The highest BCUT2D eigenvalue weighted by Crippen LogP contribution is 2.32. The van der Waals surface area contributed by atoms with Gasteiger partial charge in [0, 0.05) is 25.7 Å². The average Bonchev–Trinajstić information content (AvgIpc) is 3.19. The molecule has 2 aromatic heterocycles. The second kappa shape index (κ2) is 6.86. The number of carbonyl (C=O) groups excluding carboxylic acids is 2. The number of hydrogen-bond acceptors (Lipinski definition) is 3. The smallest absolute Gasteiger partial charge is 0.272 e. The van der Waals surface area contributed by atoms with Gasteiger partial charge in [-0.15, -0.1) is 0 Å². The minimum atomic E-state index is -0.163. The van der Waals surface area contributed by atoms with Crippen molar-refractivity contribution in [3.05, 3.63) is 35.9 Å². The van der Waals surface area contributed by atoms with Gasteiger partial charge in [0.15, 0.2) is 5.69 Å². The molecule has 6 nitrogen and oxygen atoms in total. The van der Waals surface area contributed by atoms with Crippen LogP contribution in [0.3, 0.4) is 0 Å². The molecule has 0 saturated carbocycles. The van der Waals surface area contributed by atoms with Gasteiger partial charge in [-0.3, -0.25) is 9.59 Å². The van der Waals surface area contributed by atoms with Crippen molar-refractivity contribution < 1.29 is 9.59 Å². The Balaban J connectivity index is 2.01. The molecule has 0 radical (unpaired) electrons. The van der Waals surface area contributed by atoms with E-state index < -0.39 is 0 Å². The number of imidazole rings is 1. The van der Waals surface area contributed by atoms with Crippen LogP contribution in [0.2, 0.25) is 0 Å². The first-order valence-electron chi connectivity index (χ1n) is 8.95. The summed E-state index contributed by atoms with van der Waals surface area (Å²) in [6, 6.07) is 5.72. The average molecular weight is 342 g/mol. The van der Waals surface area contributed by atoms with Crippen molar-refractivity contribution in [1.29, 1.82) is 0 Å². The monoisotopic (exact) mass is 342 g/mol. The Morgan fingerprint density at radius 3 is 2.72 bits per heavy atom. The van der Waals surface area contributed by atoms with E-state index in [0.717, 1.165) is 30.7 Å². The summed E-state index contributed by atoms with van der Waals surface area (Å²) < 4.78 is 1.95. The van der Waals surface area contributed by atoms with Gasteiger partial charge in [0.25, 0.3) is 5.91 Å². The van der Waals surface area contributed by atoms with Crippen LogP contribution < -0.4 is 5.32 Å². The Morgan fingerprint density at radius 2 is 2.04 bits per heavy atom. The highest BCUT2D eigenvalue weighted by Gasteiger charge is 2.32. The lowest BCUT2D eigenvalue weighted by Crippen LogP contribution is -2.36. The Morgan fingerprint density at radius 1 is 1.28 bits per heavy atom. The van der Waals surface area contributed by atoms with E-state index in [1.807, 2.05) is 40.6 Å². The molecule has 1 aliphatic heterocycles. The van der Waals surface area contributed by atoms with Crippen LogP contribution in [0.4, 0.5) is 0 Å². The fourth-order valence-electron chi connectivity index (χ4n) is 3.32. The van der Waals surface area contributed by atoms with Gasteiger partial charge in [0.1, 0.15) is 5.82 Å². The number of aromatic nitrogens is 2. The molecule has 2 amide bonds. The normalized spacial score (nSPS) is 18.8. The van der Waals surface area contributed by atoms with E-state index in [-0.39, 0.29) is 23.9 Å². The molecule has 1 N–H and O–H groups in total. The number of rotatable bonds is 4. The zero-order valence-corrected chi connectivity index (χ0v) is 15.3. The summed E-state index contributed by atoms with van der Waals surface area (Å²) in [5, 5.41) is 3.03. The van der Waals surface area contributed by atoms with E-state index in [1.54, 1.807) is 6.92 Å². The first kappa shape index (κ1) is 17.5. The standard InChI is InChI=1S/C19H26N4O2/c1-12(2)13(3)20-19(25)17-15-8-5-6-10-23(15)18(21-17)16-9-7-11-22(16)14(4)24/h5-6,8,10,12-13,16H,7,9,11H2,1-4H3,(H,20,25)/t13-,16+/m1/s1. The van der Waals surface area contributed by atoms with Crippen LogP contribution in [-0.2, 0) is 4.79 Å². The largest absolute Gasteiger partial charge is 0.348 e. The maximum absolute atomic E-state index is 12.7. The van der Waals surface area contributed by atoms with Crippen molar-refractivity contribution in [2.75, 3.05) is 6.54 Å². The summed E-state index contributed by atoms with van der Waals surface area (Å²) in [6.07, 6.45) is 3.74. The molecular formula is C19H26N4O2. The van der Waals surface area contributed by atoms with Crippen LogP contribution in [0.15, 0.2) is 24.4 Å². The topological polar surface area (TPSA) is 66.7 Å². The van der Waals surface area contributed by atoms with E-state index in [2.05, 4.69) is 24.1 Å². The highest BCUT2D eigenvalue weighted by molar-refractivity contribution is 5.99. The van der Waals surface area contributed by atoms with Crippen molar-refractivity contribution in [1.82, 2.24) is 19.6 Å². The molecule has 25 heavy (non-hydrogen) atoms. The maximum Gasteiger partial charge on any atom is 0.272 e. The molecule has 0 spiro atoms. The first-order chi connectivity index (χ1) is 11.9. The fraction of sp³-hybridized carbons (Fsp3) is 0.526. The molecule has 1 saturated heterocycles. The van der Waals surface area contributed by atoms with Gasteiger partial charge in [-0.1, -0.05) is 19.9 Å². The van der Waals surface area contributed by atoms with Crippen LogP contribution in [-0.4, -0.2) is 38.7 Å². The third-order valence-corrected chi connectivity index (χ3v) is 5.10. The lowest BCUT2D eigenvalue weighted by Gasteiger charge is -2.22. The molecule has 6 heteroatoms. The number of nitrogens with one attached hydrogen (secondary N) is 1. The molecule has 0 bridgehead atoms. The van der Waals surface area contributed by atoms with Crippen molar-refractivity contribution >= 4 is 17.3 Å². The van der Waals surface area contributed by atoms with E-state index in [1.165, 1.54) is 0 Å². The number of amides is 2. The molecule has 2 aromatic rings. The second-order valence-corrected chi connectivity index (χ2v) is 7.15. The number of likely N-dealkylation sites (tertiary alicyclic amines) is 1. The van der Waals surface area contributed by atoms with Gasteiger partial charge in [0.05, 0.1) is 11.6 Å². The predicted octanol–water partition coefficient (Wildman–Crippen LogP) is 2.79. The summed E-state index contributed by atoms with van der Waals surface area (Å²) in [6.45, 7) is 8.48. The third kappa shape index (κ3) is 3.25. The van der Waals surface area contributed by atoms with Crippen LogP contribution in [0.25, 0.3) is 5.52 Å². The quantitative estimate of drug-likeness (QED) is 0.929. The van der Waals surface area contributed by atoms with Gasteiger partial charge in [-0.2, -0.15) is 0 Å².